The summed E-state index contributed by atoms with van der Waals surface area (Å²) in [6, 6.07) is 7.32. The molecule has 0 spiro atoms. The van der Waals surface area contributed by atoms with E-state index in [0.29, 0.717) is 31.7 Å². The van der Waals surface area contributed by atoms with Gasteiger partial charge < -0.3 is 23.0 Å². The van der Waals surface area contributed by atoms with Gasteiger partial charge in [-0.1, -0.05) is 18.1 Å². The molecule has 2 amide bonds. The number of hydrogen-bond donors (Lipinski definition) is 2. The van der Waals surface area contributed by atoms with Gasteiger partial charge in [0.25, 0.3) is 11.8 Å². The summed E-state index contributed by atoms with van der Waals surface area (Å²) in [7, 11) is 0. The van der Waals surface area contributed by atoms with Gasteiger partial charge in [0.2, 0.25) is 5.76 Å². The van der Waals surface area contributed by atoms with Crippen LogP contribution in [0.2, 0.25) is 0 Å². The number of amides is 2. The molecule has 0 radical (unpaired) electrons. The lowest BCUT2D eigenvalue weighted by molar-refractivity contribution is -0.123. The van der Waals surface area contributed by atoms with Gasteiger partial charge in [0, 0.05) is 19.2 Å². The number of benzene rings is 1. The Bertz CT molecular complexity index is 824. The molecule has 2 rings (SSSR count). The van der Waals surface area contributed by atoms with Crippen molar-refractivity contribution in [2.24, 2.45) is 0 Å². The summed E-state index contributed by atoms with van der Waals surface area (Å²) in [5.74, 6) is 0.284. The predicted molar refractivity (Wildman–Crippen MR) is 116 cm³/mol. The van der Waals surface area contributed by atoms with Gasteiger partial charge in [0.05, 0.1) is 11.8 Å². The predicted octanol–water partition coefficient (Wildman–Crippen LogP) is 2.90. The van der Waals surface area contributed by atoms with Gasteiger partial charge in [-0.3, -0.25) is 9.59 Å². The highest BCUT2D eigenvalue weighted by Crippen LogP contribution is 2.16. The number of nitrogens with one attached hydrogen (secondary N) is 2. The van der Waals surface area contributed by atoms with Crippen LogP contribution in [0.4, 0.5) is 0 Å². The molecule has 1 aromatic carbocycles. The zero-order valence-electron chi connectivity index (χ0n) is 16.8. The van der Waals surface area contributed by atoms with Gasteiger partial charge in [-0.15, -0.1) is 0 Å². The van der Waals surface area contributed by atoms with Gasteiger partial charge in [-0.2, -0.15) is 0 Å². The number of hydrogen-bond acceptors (Lipinski definition) is 6. The van der Waals surface area contributed by atoms with E-state index in [0.717, 1.165) is 11.3 Å². The van der Waals surface area contributed by atoms with E-state index in [2.05, 4.69) is 15.8 Å². The standard InChI is InChI=1S/C20H26IN3O5/c1-4-15-10-18(29-24-15)20(26)22-8-7-17(28-21)11-23-19(25)12-27-16-6-5-13(2)14(3)9-16/h5-6,9-10,17H,4,7-8,11-12H2,1-3H3,(H,22,26)(H,23,25). The van der Waals surface area contributed by atoms with Crippen molar-refractivity contribution in [2.75, 3.05) is 19.7 Å². The van der Waals surface area contributed by atoms with E-state index in [4.69, 9.17) is 12.3 Å². The Morgan fingerprint density at radius 1 is 1.21 bits per heavy atom. The first-order chi connectivity index (χ1) is 13.9. The molecule has 1 heterocycles. The largest absolute Gasteiger partial charge is 0.484 e. The minimum Gasteiger partial charge on any atom is -0.484 e. The number of aryl methyl sites for hydroxylation is 3. The van der Waals surface area contributed by atoms with Crippen LogP contribution in [-0.2, 0) is 14.3 Å². The normalized spacial score (nSPS) is 11.7. The fourth-order valence-electron chi connectivity index (χ4n) is 2.43. The van der Waals surface area contributed by atoms with Crippen molar-refractivity contribution in [1.82, 2.24) is 15.8 Å². The molecule has 9 heteroatoms. The number of rotatable bonds is 11. The van der Waals surface area contributed by atoms with Crippen LogP contribution >= 0.6 is 23.0 Å². The summed E-state index contributed by atoms with van der Waals surface area (Å²) in [5, 5.41) is 9.32. The summed E-state index contributed by atoms with van der Waals surface area (Å²) in [5.41, 5.74) is 3.01. The molecule has 8 nitrogen and oxygen atoms in total. The molecular weight excluding hydrogens is 489 g/mol. The molecule has 1 unspecified atom stereocenters. The smallest absolute Gasteiger partial charge is 0.289 e. The van der Waals surface area contributed by atoms with E-state index in [1.807, 2.05) is 39.0 Å². The second kappa shape index (κ2) is 11.8. The molecule has 158 valence electrons. The second-order valence-electron chi connectivity index (χ2n) is 6.63. The SMILES string of the molecule is CCc1cc(C(=O)NCCC(CNC(=O)COc2ccc(C)c(C)c2)OI)on1. The third-order valence-corrected chi connectivity index (χ3v) is 5.12. The zero-order valence-corrected chi connectivity index (χ0v) is 18.9. The molecule has 0 saturated heterocycles. The lowest BCUT2D eigenvalue weighted by Gasteiger charge is -2.15. The Labute approximate surface area is 184 Å². The molecule has 0 saturated carbocycles. The highest BCUT2D eigenvalue weighted by atomic mass is 127. The molecule has 0 bridgehead atoms. The number of nitrogens with zero attached hydrogens (tertiary/aromatic N) is 1. The van der Waals surface area contributed by atoms with Gasteiger partial charge in [0.1, 0.15) is 28.8 Å². The van der Waals surface area contributed by atoms with Gasteiger partial charge >= 0.3 is 0 Å². The van der Waals surface area contributed by atoms with E-state index in [-0.39, 0.29) is 30.3 Å². The highest BCUT2D eigenvalue weighted by Gasteiger charge is 2.15. The van der Waals surface area contributed by atoms with Crippen LogP contribution in [0.3, 0.4) is 0 Å². The topological polar surface area (TPSA) is 103 Å². The maximum Gasteiger partial charge on any atom is 0.289 e. The summed E-state index contributed by atoms with van der Waals surface area (Å²) in [6.45, 7) is 6.57. The quantitative estimate of drug-likeness (QED) is 0.447. The van der Waals surface area contributed by atoms with Crippen LogP contribution in [0.5, 0.6) is 5.75 Å². The van der Waals surface area contributed by atoms with Crippen molar-refractivity contribution < 1.29 is 21.9 Å². The molecule has 29 heavy (non-hydrogen) atoms. The molecule has 0 fully saturated rings. The lowest BCUT2D eigenvalue weighted by Crippen LogP contribution is -2.37. The highest BCUT2D eigenvalue weighted by molar-refractivity contribution is 14.1. The molecule has 1 aromatic heterocycles. The monoisotopic (exact) mass is 515 g/mol. The first kappa shape index (κ1) is 23.1. The van der Waals surface area contributed by atoms with Crippen LogP contribution in [0, 0.1) is 13.8 Å². The minimum atomic E-state index is -0.324. The van der Waals surface area contributed by atoms with Crippen molar-refractivity contribution in [1.29, 1.82) is 0 Å². The fraction of sp³-hybridized carbons (Fsp3) is 0.450. The third-order valence-electron chi connectivity index (χ3n) is 4.40. The number of aromatic nitrogens is 1. The summed E-state index contributed by atoms with van der Waals surface area (Å²) in [6.07, 6.45) is 0.985. The van der Waals surface area contributed by atoms with Gasteiger partial charge in [-0.25, -0.2) is 0 Å². The van der Waals surface area contributed by atoms with E-state index >= 15 is 0 Å². The third kappa shape index (κ3) is 7.65. The Morgan fingerprint density at radius 3 is 2.66 bits per heavy atom. The second-order valence-corrected chi connectivity index (χ2v) is 7.14. The lowest BCUT2D eigenvalue weighted by atomic mass is 10.1. The van der Waals surface area contributed by atoms with Gasteiger partial charge in [0.15, 0.2) is 6.61 Å². The minimum absolute atomic E-state index is 0.0710. The molecule has 2 aromatic rings. The molecule has 0 aliphatic rings. The first-order valence-corrected chi connectivity index (χ1v) is 10.3. The summed E-state index contributed by atoms with van der Waals surface area (Å²) >= 11 is 1.79. The molecule has 2 N–H and O–H groups in total. The average Bonchev–Trinajstić information content (AvgIpc) is 3.20. The maximum atomic E-state index is 12.0. The first-order valence-electron chi connectivity index (χ1n) is 9.40. The van der Waals surface area contributed by atoms with E-state index < -0.39 is 0 Å². The van der Waals surface area contributed by atoms with E-state index in [1.54, 1.807) is 29.1 Å². The van der Waals surface area contributed by atoms with E-state index in [1.165, 1.54) is 5.56 Å². The molecular formula is C20H26IN3O5. The maximum absolute atomic E-state index is 12.0. The van der Waals surface area contributed by atoms with Crippen LogP contribution in [0.25, 0.3) is 0 Å². The Balaban J connectivity index is 1.67. The fourth-order valence-corrected chi connectivity index (χ4v) is 2.86. The number of carbonyl (C=O) groups excluding carboxylic acids is 2. The number of carbonyl (C=O) groups is 2. The average molecular weight is 515 g/mol. The molecule has 1 atom stereocenters. The van der Waals surface area contributed by atoms with Crippen molar-refractivity contribution >= 4 is 34.8 Å². The van der Waals surface area contributed by atoms with Crippen molar-refractivity contribution in [3.8, 4) is 5.75 Å². The van der Waals surface area contributed by atoms with Crippen LogP contribution < -0.4 is 15.4 Å². The molecule has 0 aliphatic heterocycles. The summed E-state index contributed by atoms with van der Waals surface area (Å²) < 4.78 is 15.8. The van der Waals surface area contributed by atoms with Crippen molar-refractivity contribution in [2.45, 2.75) is 39.7 Å². The van der Waals surface area contributed by atoms with Crippen LogP contribution in [-0.4, -0.2) is 42.8 Å². The van der Waals surface area contributed by atoms with Gasteiger partial charge in [-0.05, 0) is 49.9 Å². The number of ether oxygens (including phenoxy) is 1. The number of halogens is 1. The summed E-state index contributed by atoms with van der Waals surface area (Å²) in [4.78, 5) is 24.0. The Kier molecular flexibility index (Phi) is 9.39. The van der Waals surface area contributed by atoms with E-state index in [9.17, 15) is 9.59 Å². The Morgan fingerprint density at radius 2 is 2.00 bits per heavy atom. The van der Waals surface area contributed by atoms with Crippen LogP contribution in [0.1, 0.15) is 40.7 Å². The zero-order chi connectivity index (χ0) is 21.2. The van der Waals surface area contributed by atoms with Crippen molar-refractivity contribution in [3.05, 3.63) is 46.8 Å². The van der Waals surface area contributed by atoms with Crippen LogP contribution in [0.15, 0.2) is 28.8 Å². The molecule has 0 aliphatic carbocycles. The Hall–Kier alpha value is -2.14. The van der Waals surface area contributed by atoms with Crippen molar-refractivity contribution in [3.63, 3.8) is 0 Å².